The number of guanidine groups is 1. The highest BCUT2D eigenvalue weighted by Crippen LogP contribution is 2.48. The maximum Gasteiger partial charge on any atom is 0.401 e. The molecule has 1 aromatic rings. The van der Waals surface area contributed by atoms with Gasteiger partial charge in [-0.05, 0) is 30.9 Å². The number of aliphatic imine (C=N–C) groups is 1. The Morgan fingerprint density at radius 1 is 1.30 bits per heavy atom. The SMILES string of the molecule is CN=C(NCC1(c2ccccc2F)CC1)NC1CCN(CC(F)(F)F)C1.I. The Morgan fingerprint density at radius 2 is 2.00 bits per heavy atom. The molecule has 27 heavy (non-hydrogen) atoms. The number of rotatable bonds is 5. The molecule has 0 radical (unpaired) electrons. The molecule has 0 spiro atoms. The van der Waals surface area contributed by atoms with Gasteiger partial charge in [-0.2, -0.15) is 13.2 Å². The van der Waals surface area contributed by atoms with Gasteiger partial charge in [0, 0.05) is 38.1 Å². The molecular weight excluding hydrogens is 475 g/mol. The Balaban J connectivity index is 0.00000261. The molecule has 0 aromatic heterocycles. The van der Waals surface area contributed by atoms with E-state index in [1.165, 1.54) is 11.0 Å². The summed E-state index contributed by atoms with van der Waals surface area (Å²) in [6, 6.07) is 6.71. The van der Waals surface area contributed by atoms with Crippen molar-refractivity contribution in [3.8, 4) is 0 Å². The lowest BCUT2D eigenvalue weighted by Gasteiger charge is -2.22. The monoisotopic (exact) mass is 500 g/mol. The zero-order valence-corrected chi connectivity index (χ0v) is 17.5. The van der Waals surface area contributed by atoms with Crippen LogP contribution in [-0.2, 0) is 5.41 Å². The average molecular weight is 500 g/mol. The number of alkyl halides is 3. The van der Waals surface area contributed by atoms with Crippen molar-refractivity contribution < 1.29 is 17.6 Å². The van der Waals surface area contributed by atoms with E-state index in [1.807, 2.05) is 12.1 Å². The fraction of sp³-hybridized carbons (Fsp3) is 0.611. The van der Waals surface area contributed by atoms with Crippen LogP contribution in [0.4, 0.5) is 17.6 Å². The van der Waals surface area contributed by atoms with Crippen LogP contribution in [0.25, 0.3) is 0 Å². The van der Waals surface area contributed by atoms with E-state index in [1.54, 1.807) is 13.1 Å². The molecule has 152 valence electrons. The van der Waals surface area contributed by atoms with Gasteiger partial charge in [-0.3, -0.25) is 9.89 Å². The summed E-state index contributed by atoms with van der Waals surface area (Å²) in [4.78, 5) is 5.55. The first-order valence-electron chi connectivity index (χ1n) is 8.83. The predicted octanol–water partition coefficient (Wildman–Crippen LogP) is 3.28. The van der Waals surface area contributed by atoms with Crippen molar-refractivity contribution in [3.05, 3.63) is 35.6 Å². The topological polar surface area (TPSA) is 39.7 Å². The number of likely N-dealkylation sites (tertiary alicyclic amines) is 1. The Bertz CT molecular complexity index is 661. The van der Waals surface area contributed by atoms with E-state index in [9.17, 15) is 17.6 Å². The molecule has 0 amide bonds. The maximum absolute atomic E-state index is 14.1. The summed E-state index contributed by atoms with van der Waals surface area (Å²) in [6.45, 7) is 0.409. The standard InChI is InChI=1S/C18H24F4N4.HI/c1-23-16(25-13-6-9-26(10-13)12-18(20,21)22)24-11-17(7-8-17)14-4-2-3-5-15(14)19;/h2-5,13H,6-12H2,1H3,(H2,23,24,25);1H. The molecule has 2 aliphatic rings. The minimum atomic E-state index is -4.17. The van der Waals surface area contributed by atoms with Gasteiger partial charge in [0.15, 0.2) is 5.96 Å². The van der Waals surface area contributed by atoms with Crippen molar-refractivity contribution in [2.45, 2.75) is 36.9 Å². The largest absolute Gasteiger partial charge is 0.401 e. The molecule has 1 aliphatic heterocycles. The Kier molecular flexibility index (Phi) is 7.34. The van der Waals surface area contributed by atoms with E-state index >= 15 is 0 Å². The second kappa shape index (κ2) is 8.93. The summed E-state index contributed by atoms with van der Waals surface area (Å²) < 4.78 is 51.5. The molecule has 3 rings (SSSR count). The predicted molar refractivity (Wildman–Crippen MR) is 108 cm³/mol. The Morgan fingerprint density at radius 3 is 2.59 bits per heavy atom. The van der Waals surface area contributed by atoms with Crippen LogP contribution in [0.15, 0.2) is 29.3 Å². The fourth-order valence-corrected chi connectivity index (χ4v) is 3.57. The van der Waals surface area contributed by atoms with Gasteiger partial charge in [0.05, 0.1) is 6.54 Å². The van der Waals surface area contributed by atoms with Crippen LogP contribution < -0.4 is 10.6 Å². The quantitative estimate of drug-likeness (QED) is 0.282. The average Bonchev–Trinajstić information content (AvgIpc) is 3.24. The molecule has 1 heterocycles. The molecule has 1 atom stereocenters. The lowest BCUT2D eigenvalue weighted by Crippen LogP contribution is -2.47. The van der Waals surface area contributed by atoms with E-state index in [4.69, 9.17) is 0 Å². The minimum absolute atomic E-state index is 0. The highest BCUT2D eigenvalue weighted by atomic mass is 127. The van der Waals surface area contributed by atoms with E-state index in [0.717, 1.165) is 12.8 Å². The second-order valence-electron chi connectivity index (χ2n) is 7.17. The van der Waals surface area contributed by atoms with E-state index in [-0.39, 0.29) is 41.3 Å². The fourth-order valence-electron chi connectivity index (χ4n) is 3.57. The van der Waals surface area contributed by atoms with Crippen LogP contribution in [0.3, 0.4) is 0 Å². The number of hydrogen-bond acceptors (Lipinski definition) is 2. The van der Waals surface area contributed by atoms with Crippen LogP contribution in [0.5, 0.6) is 0 Å². The highest BCUT2D eigenvalue weighted by Gasteiger charge is 2.46. The number of nitrogens with zero attached hydrogens (tertiary/aromatic N) is 2. The van der Waals surface area contributed by atoms with Crippen molar-refractivity contribution in [1.82, 2.24) is 15.5 Å². The van der Waals surface area contributed by atoms with E-state index < -0.39 is 12.7 Å². The van der Waals surface area contributed by atoms with Crippen molar-refractivity contribution >= 4 is 29.9 Å². The molecule has 9 heteroatoms. The number of hydrogen-bond donors (Lipinski definition) is 2. The molecule has 0 bridgehead atoms. The molecule has 1 aromatic carbocycles. The van der Waals surface area contributed by atoms with Gasteiger partial charge in [0.1, 0.15) is 5.82 Å². The zero-order chi connectivity index (χ0) is 18.8. The maximum atomic E-state index is 14.1. The van der Waals surface area contributed by atoms with Crippen molar-refractivity contribution in [1.29, 1.82) is 0 Å². The van der Waals surface area contributed by atoms with Gasteiger partial charge in [-0.1, -0.05) is 18.2 Å². The Labute approximate surface area is 173 Å². The van der Waals surface area contributed by atoms with Crippen LogP contribution in [0.2, 0.25) is 0 Å². The third-order valence-electron chi connectivity index (χ3n) is 5.13. The second-order valence-corrected chi connectivity index (χ2v) is 7.17. The normalized spacial score (nSPS) is 22.3. The highest BCUT2D eigenvalue weighted by molar-refractivity contribution is 14.0. The third-order valence-corrected chi connectivity index (χ3v) is 5.13. The van der Waals surface area contributed by atoms with Crippen LogP contribution >= 0.6 is 24.0 Å². The van der Waals surface area contributed by atoms with Gasteiger partial charge in [0.25, 0.3) is 0 Å². The first-order valence-corrected chi connectivity index (χ1v) is 8.83. The molecule has 4 nitrogen and oxygen atoms in total. The molecule has 1 aliphatic carbocycles. The summed E-state index contributed by atoms with van der Waals surface area (Å²) in [5, 5.41) is 6.40. The molecule has 2 N–H and O–H groups in total. The summed E-state index contributed by atoms with van der Waals surface area (Å²) >= 11 is 0. The van der Waals surface area contributed by atoms with E-state index in [2.05, 4.69) is 15.6 Å². The zero-order valence-electron chi connectivity index (χ0n) is 15.2. The van der Waals surface area contributed by atoms with Crippen molar-refractivity contribution in [2.75, 3.05) is 33.2 Å². The van der Waals surface area contributed by atoms with Crippen molar-refractivity contribution in [3.63, 3.8) is 0 Å². The van der Waals surface area contributed by atoms with Gasteiger partial charge in [-0.25, -0.2) is 4.39 Å². The van der Waals surface area contributed by atoms with Gasteiger partial charge in [-0.15, -0.1) is 24.0 Å². The molecule has 1 saturated carbocycles. The first kappa shape index (κ1) is 22.2. The van der Waals surface area contributed by atoms with Gasteiger partial charge < -0.3 is 10.6 Å². The number of nitrogens with one attached hydrogen (secondary N) is 2. The summed E-state index contributed by atoms with van der Waals surface area (Å²) in [7, 11) is 1.63. The van der Waals surface area contributed by atoms with Gasteiger partial charge in [0.2, 0.25) is 0 Å². The molecule has 2 fully saturated rings. The number of benzene rings is 1. The first-order chi connectivity index (χ1) is 12.3. The van der Waals surface area contributed by atoms with E-state index in [0.29, 0.717) is 37.6 Å². The van der Waals surface area contributed by atoms with Crippen molar-refractivity contribution in [2.24, 2.45) is 4.99 Å². The van der Waals surface area contributed by atoms with Crippen LogP contribution in [-0.4, -0.2) is 56.3 Å². The third kappa shape index (κ3) is 5.94. The smallest absolute Gasteiger partial charge is 0.356 e. The summed E-state index contributed by atoms with van der Waals surface area (Å²) in [5.41, 5.74) is 0.487. The summed E-state index contributed by atoms with van der Waals surface area (Å²) in [5.74, 6) is 0.347. The summed E-state index contributed by atoms with van der Waals surface area (Å²) in [6.07, 6.45) is -1.73. The lowest BCUT2D eigenvalue weighted by molar-refractivity contribution is -0.143. The lowest BCUT2D eigenvalue weighted by atomic mass is 9.95. The molecular formula is C18H25F4IN4. The Hall–Kier alpha value is -1.10. The van der Waals surface area contributed by atoms with Crippen LogP contribution in [0, 0.1) is 5.82 Å². The number of halogens is 5. The molecule has 1 saturated heterocycles. The minimum Gasteiger partial charge on any atom is -0.356 e. The van der Waals surface area contributed by atoms with Gasteiger partial charge >= 0.3 is 6.18 Å². The molecule has 1 unspecified atom stereocenters. The van der Waals surface area contributed by atoms with Crippen LogP contribution in [0.1, 0.15) is 24.8 Å².